The van der Waals surface area contributed by atoms with Crippen molar-refractivity contribution in [3.8, 4) is 22.3 Å². The quantitative estimate of drug-likeness (QED) is 0.264. The van der Waals surface area contributed by atoms with Crippen LogP contribution < -0.4 is 4.31 Å². The van der Waals surface area contributed by atoms with Gasteiger partial charge in [0.05, 0.1) is 11.9 Å². The first-order valence-corrected chi connectivity index (χ1v) is 16.1. The van der Waals surface area contributed by atoms with Crippen LogP contribution in [-0.4, -0.2) is 79.8 Å². The minimum absolute atomic E-state index is 0.0357. The molecule has 3 aromatic carbocycles. The van der Waals surface area contributed by atoms with Gasteiger partial charge >= 0.3 is 0 Å². The minimum atomic E-state index is -3.74. The third-order valence-corrected chi connectivity index (χ3v) is 10.7. The van der Waals surface area contributed by atoms with E-state index in [1.54, 1.807) is 19.2 Å². The number of hydrogen-bond acceptors (Lipinski definition) is 6. The number of likely N-dealkylation sites (N-methyl/N-ethyl adjacent to an activating group) is 1. The Balaban J connectivity index is 1.32. The average molecular weight is 608 g/mol. The summed E-state index contributed by atoms with van der Waals surface area (Å²) in [7, 11) is 1.88. The Morgan fingerprint density at radius 1 is 0.977 bits per heavy atom. The lowest BCUT2D eigenvalue weighted by atomic mass is 9.92. The van der Waals surface area contributed by atoms with Gasteiger partial charge in [0, 0.05) is 71.8 Å². The number of sulfonamides is 1. The number of pyridine rings is 1. The number of nitrogens with zero attached hydrogens (tertiary/aromatic N) is 4. The number of benzene rings is 3. The van der Waals surface area contributed by atoms with E-state index in [4.69, 9.17) is 9.72 Å². The Labute approximate surface area is 256 Å². The van der Waals surface area contributed by atoms with Crippen molar-refractivity contribution in [1.82, 2.24) is 19.8 Å². The molecule has 10 heteroatoms. The molecule has 7 rings (SSSR count). The third-order valence-electron chi connectivity index (χ3n) is 8.72. The van der Waals surface area contributed by atoms with Crippen LogP contribution in [0.5, 0.6) is 0 Å². The highest BCUT2D eigenvalue weighted by molar-refractivity contribution is 7.93. The molecule has 1 atom stereocenters. The van der Waals surface area contributed by atoms with Gasteiger partial charge in [0.15, 0.2) is 0 Å². The number of aromatic amines is 1. The number of carbonyl (C=O) groups is 1. The topological polar surface area (TPSA) is 98.8 Å². The second kappa shape index (κ2) is 10.8. The molecule has 1 unspecified atom stereocenters. The number of nitrogens with one attached hydrogen (secondary N) is 1. The lowest BCUT2D eigenvalue weighted by molar-refractivity contribution is 0.0399. The lowest BCUT2D eigenvalue weighted by Crippen LogP contribution is -2.59. The number of rotatable bonds is 7. The Hall–Kier alpha value is -4.67. The number of anilines is 1. The maximum absolute atomic E-state index is 13.3. The average Bonchev–Trinajstić information content (AvgIpc) is 3.69. The van der Waals surface area contributed by atoms with Crippen molar-refractivity contribution in [2.75, 3.05) is 38.5 Å². The van der Waals surface area contributed by atoms with Gasteiger partial charge in [-0.15, -0.1) is 0 Å². The fourth-order valence-corrected chi connectivity index (χ4v) is 7.29. The second-order valence-corrected chi connectivity index (χ2v) is 13.7. The Bertz CT molecular complexity index is 2010. The maximum Gasteiger partial charge on any atom is 0.273 e. The van der Waals surface area contributed by atoms with Gasteiger partial charge in [0.1, 0.15) is 5.65 Å². The summed E-state index contributed by atoms with van der Waals surface area (Å²) >= 11 is 0. The highest BCUT2D eigenvalue weighted by atomic mass is 32.2. The summed E-state index contributed by atoms with van der Waals surface area (Å²) in [6.07, 6.45) is 5.32. The first kappa shape index (κ1) is 28.1. The largest absolute Gasteiger partial charge is 0.480 e. The molecule has 1 saturated heterocycles. The zero-order valence-electron chi connectivity index (χ0n) is 24.8. The Morgan fingerprint density at radius 2 is 1.73 bits per heavy atom. The van der Waals surface area contributed by atoms with Gasteiger partial charge in [-0.05, 0) is 61.6 Å². The fourth-order valence-electron chi connectivity index (χ4n) is 5.97. The van der Waals surface area contributed by atoms with Crippen molar-refractivity contribution in [3.63, 3.8) is 0 Å². The normalized spacial score (nSPS) is 16.9. The first-order chi connectivity index (χ1) is 21.2. The van der Waals surface area contributed by atoms with Crippen molar-refractivity contribution in [2.24, 2.45) is 0 Å². The fraction of sp³-hybridized carbons (Fsp3) is 0.235. The molecule has 0 saturated carbocycles. The van der Waals surface area contributed by atoms with Crippen LogP contribution in [0.1, 0.15) is 16.8 Å². The van der Waals surface area contributed by atoms with Crippen LogP contribution in [0, 0.1) is 0 Å². The van der Waals surface area contributed by atoms with Crippen molar-refractivity contribution < 1.29 is 17.9 Å². The SMILES string of the molecule is CN(C)C1CN(C(=O)c2ccc(-c3cnc4[nH]c5ccc(N(C)S(=O)(=O)C6CC=CO6)cc5c4c3-c3ccccc3)cc2)C1. The van der Waals surface area contributed by atoms with Crippen LogP contribution in [0.4, 0.5) is 5.69 Å². The number of ether oxygens (including phenoxy) is 1. The number of aromatic nitrogens is 2. The summed E-state index contributed by atoms with van der Waals surface area (Å²) in [4.78, 5) is 25.3. The molecule has 1 N–H and O–H groups in total. The summed E-state index contributed by atoms with van der Waals surface area (Å²) in [6, 6.07) is 23.8. The summed E-state index contributed by atoms with van der Waals surface area (Å²) in [5.41, 5.74) is 5.62. The monoisotopic (exact) mass is 607 g/mol. The number of likely N-dealkylation sites (tertiary alicyclic amines) is 1. The molecule has 9 nitrogen and oxygen atoms in total. The zero-order chi connectivity index (χ0) is 30.6. The highest BCUT2D eigenvalue weighted by Crippen LogP contribution is 2.41. The van der Waals surface area contributed by atoms with E-state index >= 15 is 0 Å². The Kier molecular flexibility index (Phi) is 6.90. The van der Waals surface area contributed by atoms with Crippen LogP contribution in [-0.2, 0) is 14.8 Å². The third kappa shape index (κ3) is 4.71. The molecular weight excluding hydrogens is 574 g/mol. The summed E-state index contributed by atoms with van der Waals surface area (Å²) in [5.74, 6) is 0.0357. The molecule has 0 aliphatic carbocycles. The standard InChI is InChI=1S/C34H33N5O4S/c1-37(2)26-20-39(21-26)34(40)24-13-11-22(12-14-24)28-19-35-33-32(31(28)23-8-5-4-6-9-23)27-18-25(15-16-29(27)36-33)38(3)44(41,42)30-10-7-17-43-30/h4-9,11-19,26,30H,10,20-21H2,1-3H3,(H,35,36). The van der Waals surface area contributed by atoms with Gasteiger partial charge in [-0.3, -0.25) is 9.10 Å². The van der Waals surface area contributed by atoms with Gasteiger partial charge in [-0.2, -0.15) is 0 Å². The van der Waals surface area contributed by atoms with Crippen LogP contribution in [0.15, 0.2) is 91.3 Å². The lowest BCUT2D eigenvalue weighted by Gasteiger charge is -2.42. The molecule has 0 spiro atoms. The van der Waals surface area contributed by atoms with E-state index in [9.17, 15) is 13.2 Å². The van der Waals surface area contributed by atoms with E-state index in [0.717, 1.165) is 51.6 Å². The van der Waals surface area contributed by atoms with Crippen molar-refractivity contribution in [2.45, 2.75) is 17.9 Å². The molecule has 44 heavy (non-hydrogen) atoms. The molecule has 2 aliphatic heterocycles. The van der Waals surface area contributed by atoms with Crippen molar-refractivity contribution in [1.29, 1.82) is 0 Å². The number of fused-ring (bicyclic) bond motifs is 3. The first-order valence-electron chi connectivity index (χ1n) is 14.6. The number of amides is 1. The number of H-pyrrole nitrogens is 1. The van der Waals surface area contributed by atoms with Gasteiger partial charge in [-0.1, -0.05) is 42.5 Å². The van der Waals surface area contributed by atoms with Crippen LogP contribution >= 0.6 is 0 Å². The predicted octanol–water partition coefficient (Wildman–Crippen LogP) is 5.46. The maximum atomic E-state index is 13.3. The summed E-state index contributed by atoms with van der Waals surface area (Å²) in [5, 5.41) is 1.75. The molecule has 1 amide bonds. The number of carbonyl (C=O) groups excluding carboxylic acids is 1. The number of hydrogen-bond donors (Lipinski definition) is 1. The van der Waals surface area contributed by atoms with E-state index in [1.807, 2.05) is 79.8 Å². The van der Waals surface area contributed by atoms with Crippen LogP contribution in [0.2, 0.25) is 0 Å². The van der Waals surface area contributed by atoms with E-state index in [1.165, 1.54) is 10.6 Å². The molecule has 1 fully saturated rings. The Morgan fingerprint density at radius 3 is 2.41 bits per heavy atom. The molecule has 224 valence electrons. The molecule has 5 aromatic rings. The molecule has 2 aliphatic rings. The highest BCUT2D eigenvalue weighted by Gasteiger charge is 2.33. The molecule has 0 radical (unpaired) electrons. The van der Waals surface area contributed by atoms with Crippen LogP contribution in [0.25, 0.3) is 44.2 Å². The predicted molar refractivity (Wildman–Crippen MR) is 174 cm³/mol. The molecular formula is C34H33N5O4S. The van der Waals surface area contributed by atoms with Crippen molar-refractivity contribution in [3.05, 3.63) is 96.9 Å². The zero-order valence-corrected chi connectivity index (χ0v) is 25.6. The van der Waals surface area contributed by atoms with E-state index in [2.05, 4.69) is 22.0 Å². The minimum Gasteiger partial charge on any atom is -0.480 e. The summed E-state index contributed by atoms with van der Waals surface area (Å²) in [6.45, 7) is 1.46. The molecule has 4 heterocycles. The van der Waals surface area contributed by atoms with E-state index in [0.29, 0.717) is 29.4 Å². The van der Waals surface area contributed by atoms with Gasteiger partial charge in [-0.25, -0.2) is 13.4 Å². The van der Waals surface area contributed by atoms with Crippen molar-refractivity contribution >= 4 is 43.6 Å². The van der Waals surface area contributed by atoms with E-state index in [-0.39, 0.29) is 5.91 Å². The van der Waals surface area contributed by atoms with E-state index < -0.39 is 15.5 Å². The second-order valence-electron chi connectivity index (χ2n) is 11.6. The smallest absolute Gasteiger partial charge is 0.273 e. The summed E-state index contributed by atoms with van der Waals surface area (Å²) < 4.78 is 33.2. The molecule has 2 aromatic heterocycles. The molecule has 0 bridgehead atoms. The van der Waals surface area contributed by atoms with Crippen LogP contribution in [0.3, 0.4) is 0 Å². The van der Waals surface area contributed by atoms with Gasteiger partial charge in [0.25, 0.3) is 15.9 Å². The van der Waals surface area contributed by atoms with Gasteiger partial charge < -0.3 is 19.5 Å². The van der Waals surface area contributed by atoms with Gasteiger partial charge in [0.2, 0.25) is 5.44 Å².